The van der Waals surface area contributed by atoms with Gasteiger partial charge in [-0.05, 0) is 52.9 Å². The van der Waals surface area contributed by atoms with E-state index in [2.05, 4.69) is 0 Å². The zero-order valence-corrected chi connectivity index (χ0v) is 21.8. The lowest BCUT2D eigenvalue weighted by molar-refractivity contribution is -0.139. The third-order valence-electron chi connectivity index (χ3n) is 6.16. The highest BCUT2D eigenvalue weighted by Gasteiger charge is 2.39. The molecule has 1 unspecified atom stereocenters. The quantitative estimate of drug-likeness (QED) is 0.212. The molecule has 0 aliphatic carbocycles. The van der Waals surface area contributed by atoms with E-state index in [0.717, 1.165) is 35.8 Å². The zero-order valence-electron chi connectivity index (χ0n) is 19.6. The summed E-state index contributed by atoms with van der Waals surface area (Å²) in [7, 11) is 0. The summed E-state index contributed by atoms with van der Waals surface area (Å²) in [5, 5.41) is -0.126. The standard InChI is InChI=1S/C28H21Cl3F3NO2/c1-2-5-17-12-16(9-11-22(28(32,33)34)19-13-23(29)25(31)24(30)14-19)8-10-18(17)15-35-26(36)20-6-3-4-7-21(20)27(35)37/h3-4,6-14,22H,2,5,15H2,1H3/b11-9+. The monoisotopic (exact) mass is 565 g/mol. The molecule has 0 fully saturated rings. The lowest BCUT2D eigenvalue weighted by Crippen LogP contribution is -2.29. The molecular weight excluding hydrogens is 546 g/mol. The molecule has 0 N–H and O–H groups in total. The number of hydrogen-bond donors (Lipinski definition) is 0. The topological polar surface area (TPSA) is 37.4 Å². The third-order valence-corrected chi connectivity index (χ3v) is 7.35. The van der Waals surface area contributed by atoms with E-state index in [0.29, 0.717) is 23.1 Å². The van der Waals surface area contributed by atoms with Crippen molar-refractivity contribution in [2.75, 3.05) is 0 Å². The third kappa shape index (κ3) is 5.71. The summed E-state index contributed by atoms with van der Waals surface area (Å²) in [6, 6.07) is 14.2. The molecule has 3 aromatic rings. The first-order chi connectivity index (χ1) is 17.5. The molecule has 1 heterocycles. The van der Waals surface area contributed by atoms with Gasteiger partial charge in [-0.3, -0.25) is 14.5 Å². The normalized spacial score (nSPS) is 14.5. The fourth-order valence-electron chi connectivity index (χ4n) is 4.33. The Kier molecular flexibility index (Phi) is 8.02. The summed E-state index contributed by atoms with van der Waals surface area (Å²) in [4.78, 5) is 26.8. The maximum atomic E-state index is 13.9. The second-order valence-corrected chi connectivity index (χ2v) is 9.89. The molecule has 9 heteroatoms. The molecule has 0 bridgehead atoms. The Morgan fingerprint density at radius 2 is 1.49 bits per heavy atom. The summed E-state index contributed by atoms with van der Waals surface area (Å²) in [6.07, 6.45) is -0.751. The summed E-state index contributed by atoms with van der Waals surface area (Å²) >= 11 is 17.8. The van der Waals surface area contributed by atoms with Gasteiger partial charge >= 0.3 is 6.18 Å². The van der Waals surface area contributed by atoms with Crippen LogP contribution in [0.25, 0.3) is 6.08 Å². The van der Waals surface area contributed by atoms with Gasteiger partial charge in [-0.15, -0.1) is 0 Å². The number of nitrogens with zero attached hydrogens (tertiary/aromatic N) is 1. The van der Waals surface area contributed by atoms with Gasteiger partial charge in [0.25, 0.3) is 11.8 Å². The average molecular weight is 567 g/mol. The summed E-state index contributed by atoms with van der Waals surface area (Å²) in [5.41, 5.74) is 2.77. The van der Waals surface area contributed by atoms with Crippen molar-refractivity contribution in [1.29, 1.82) is 0 Å². The molecule has 0 aromatic heterocycles. The molecule has 0 spiro atoms. The van der Waals surface area contributed by atoms with Crippen LogP contribution in [-0.4, -0.2) is 22.9 Å². The number of allylic oxidation sites excluding steroid dienone is 1. The van der Waals surface area contributed by atoms with Crippen LogP contribution in [0.3, 0.4) is 0 Å². The fourth-order valence-corrected chi connectivity index (χ4v) is 4.94. The molecule has 4 rings (SSSR count). The van der Waals surface area contributed by atoms with Crippen LogP contribution in [0.1, 0.15) is 62.2 Å². The molecular formula is C28H21Cl3F3NO2. The first-order valence-electron chi connectivity index (χ1n) is 11.5. The van der Waals surface area contributed by atoms with E-state index < -0.39 is 12.1 Å². The maximum absolute atomic E-state index is 13.9. The minimum Gasteiger partial charge on any atom is -0.270 e. The van der Waals surface area contributed by atoms with Crippen molar-refractivity contribution in [3.63, 3.8) is 0 Å². The molecule has 2 amide bonds. The van der Waals surface area contributed by atoms with Gasteiger partial charge in [0.1, 0.15) is 0 Å². The van der Waals surface area contributed by atoms with Crippen molar-refractivity contribution in [3.05, 3.63) is 109 Å². The lowest BCUT2D eigenvalue weighted by atomic mass is 9.95. The van der Waals surface area contributed by atoms with Crippen molar-refractivity contribution < 1.29 is 22.8 Å². The summed E-state index contributed by atoms with van der Waals surface area (Å²) < 4.78 is 41.7. The second-order valence-electron chi connectivity index (χ2n) is 8.70. The lowest BCUT2D eigenvalue weighted by Gasteiger charge is -2.19. The Morgan fingerprint density at radius 1 is 0.892 bits per heavy atom. The number of benzene rings is 3. The largest absolute Gasteiger partial charge is 0.399 e. The van der Waals surface area contributed by atoms with Crippen LogP contribution in [0.15, 0.2) is 60.7 Å². The van der Waals surface area contributed by atoms with Gasteiger partial charge in [0.15, 0.2) is 0 Å². The molecule has 1 atom stereocenters. The van der Waals surface area contributed by atoms with Gasteiger partial charge in [0.05, 0.1) is 38.7 Å². The second kappa shape index (κ2) is 10.9. The van der Waals surface area contributed by atoms with E-state index in [9.17, 15) is 22.8 Å². The Bertz CT molecular complexity index is 1340. The number of hydrogen-bond acceptors (Lipinski definition) is 2. The van der Waals surface area contributed by atoms with Gasteiger partial charge in [-0.25, -0.2) is 0 Å². The number of carbonyl (C=O) groups excluding carboxylic acids is 2. The number of amides is 2. The first-order valence-corrected chi connectivity index (χ1v) is 12.6. The number of carbonyl (C=O) groups is 2. The van der Waals surface area contributed by atoms with Crippen molar-refractivity contribution in [3.8, 4) is 0 Å². The molecule has 1 aliphatic rings. The Balaban J connectivity index is 1.62. The van der Waals surface area contributed by atoms with E-state index in [1.165, 1.54) is 11.0 Å². The molecule has 1 aliphatic heterocycles. The highest BCUT2D eigenvalue weighted by atomic mass is 35.5. The minimum atomic E-state index is -4.59. The van der Waals surface area contributed by atoms with Gasteiger partial charge in [-0.1, -0.05) is 90.6 Å². The maximum Gasteiger partial charge on any atom is 0.399 e. The van der Waals surface area contributed by atoms with Gasteiger partial charge < -0.3 is 0 Å². The number of halogens is 6. The molecule has 37 heavy (non-hydrogen) atoms. The molecule has 0 radical (unpaired) electrons. The Labute approximate surface area is 227 Å². The molecule has 3 nitrogen and oxygen atoms in total. The molecule has 0 saturated heterocycles. The van der Waals surface area contributed by atoms with Crippen molar-refractivity contribution in [1.82, 2.24) is 4.90 Å². The number of rotatable bonds is 7. The predicted octanol–water partition coefficient (Wildman–Crippen LogP) is 8.75. The highest BCUT2D eigenvalue weighted by molar-refractivity contribution is 6.48. The van der Waals surface area contributed by atoms with Gasteiger partial charge in [-0.2, -0.15) is 13.2 Å². The van der Waals surface area contributed by atoms with E-state index >= 15 is 0 Å². The van der Waals surface area contributed by atoms with Crippen LogP contribution in [0.2, 0.25) is 15.1 Å². The summed E-state index contributed by atoms with van der Waals surface area (Å²) in [5.74, 6) is -2.67. The van der Waals surface area contributed by atoms with E-state index in [-0.39, 0.29) is 39.0 Å². The van der Waals surface area contributed by atoms with Crippen LogP contribution in [-0.2, 0) is 13.0 Å². The first kappa shape index (κ1) is 27.2. The molecule has 192 valence electrons. The molecule has 3 aromatic carbocycles. The van der Waals surface area contributed by atoms with Crippen LogP contribution < -0.4 is 0 Å². The average Bonchev–Trinajstić information content (AvgIpc) is 3.08. The predicted molar refractivity (Wildman–Crippen MR) is 140 cm³/mol. The number of imide groups is 1. The number of alkyl halides is 3. The van der Waals surface area contributed by atoms with Crippen LogP contribution in [0.4, 0.5) is 13.2 Å². The van der Waals surface area contributed by atoms with E-state index in [4.69, 9.17) is 34.8 Å². The fraction of sp³-hybridized carbons (Fsp3) is 0.214. The van der Waals surface area contributed by atoms with Crippen molar-refractivity contribution in [2.24, 2.45) is 0 Å². The Hall–Kier alpha value is -2.80. The van der Waals surface area contributed by atoms with Gasteiger partial charge in [0.2, 0.25) is 0 Å². The van der Waals surface area contributed by atoms with Crippen molar-refractivity contribution >= 4 is 52.7 Å². The SMILES string of the molecule is CCCc1cc(/C=C/C(c2cc(Cl)c(Cl)c(Cl)c2)C(F)(F)F)ccc1CN1C(=O)c2ccccc2C1=O. The smallest absolute Gasteiger partial charge is 0.270 e. The van der Waals surface area contributed by atoms with E-state index in [1.54, 1.807) is 42.5 Å². The highest BCUT2D eigenvalue weighted by Crippen LogP contribution is 2.41. The summed E-state index contributed by atoms with van der Waals surface area (Å²) in [6.45, 7) is 2.06. The minimum absolute atomic E-state index is 0.00477. The van der Waals surface area contributed by atoms with Crippen LogP contribution in [0, 0.1) is 0 Å². The molecule has 0 saturated carbocycles. The Morgan fingerprint density at radius 3 is 2.03 bits per heavy atom. The number of fused-ring (bicyclic) bond motifs is 1. The number of aryl methyl sites for hydroxylation is 1. The van der Waals surface area contributed by atoms with E-state index in [1.807, 2.05) is 6.92 Å². The van der Waals surface area contributed by atoms with Gasteiger partial charge in [0, 0.05) is 0 Å². The zero-order chi connectivity index (χ0) is 26.9. The van der Waals surface area contributed by atoms with Crippen molar-refractivity contribution in [2.45, 2.75) is 38.4 Å². The van der Waals surface area contributed by atoms with Crippen LogP contribution in [0.5, 0.6) is 0 Å². The van der Waals surface area contributed by atoms with Crippen LogP contribution >= 0.6 is 34.8 Å².